The van der Waals surface area contributed by atoms with Crippen molar-refractivity contribution in [1.29, 1.82) is 0 Å². The minimum atomic E-state index is -0.667. The molecule has 2 aromatic heterocycles. The standard InChI is InChI=1S/C15H15N5O2.C15H21NO.C9H19NO2/c21-9-19-13(15(22)20-14-7-16-8-18-14)5-10-6-17-12-4-2-1-3-11(10)12;1-12-8-10-16(11-9-12)15(17)13(2)14-6-4-3-5-7-14;1-8(2,3)10-7(11)12-9(4,5)6/h1-4,6-9,13,17H,5H2,(H,16,18)(H,19,21)(H,20,22);3-7,12-13H,8-11H2,1-2H3;1-6H3,(H,10,11). The summed E-state index contributed by atoms with van der Waals surface area (Å²) in [6.45, 7) is 17.4. The molecule has 1 aliphatic heterocycles. The number of fused-ring (bicyclic) bond motifs is 1. The van der Waals surface area contributed by atoms with Gasteiger partial charge >= 0.3 is 6.09 Å². The van der Waals surface area contributed by atoms with Gasteiger partial charge in [-0.25, -0.2) is 9.78 Å². The van der Waals surface area contributed by atoms with Crippen LogP contribution in [0.3, 0.4) is 0 Å². The third kappa shape index (κ3) is 14.0. The van der Waals surface area contributed by atoms with Crippen molar-refractivity contribution in [2.75, 3.05) is 18.4 Å². The molecule has 1 fully saturated rings. The van der Waals surface area contributed by atoms with Crippen LogP contribution in [0.25, 0.3) is 10.9 Å². The van der Waals surface area contributed by atoms with Crippen LogP contribution in [0.1, 0.15) is 85.3 Å². The fourth-order valence-corrected chi connectivity index (χ4v) is 5.37. The second-order valence-corrected chi connectivity index (χ2v) is 14.9. The lowest BCUT2D eigenvalue weighted by Gasteiger charge is -2.32. The van der Waals surface area contributed by atoms with Gasteiger partial charge in [-0.3, -0.25) is 14.4 Å². The molecule has 3 heterocycles. The lowest BCUT2D eigenvalue weighted by molar-refractivity contribution is -0.133. The smallest absolute Gasteiger partial charge is 0.408 e. The number of alkyl carbamates (subject to hydrolysis) is 1. The van der Waals surface area contributed by atoms with Gasteiger partial charge in [0.2, 0.25) is 18.2 Å². The summed E-state index contributed by atoms with van der Waals surface area (Å²) in [6, 6.07) is 17.2. The Bertz CT molecular complexity index is 1650. The second kappa shape index (κ2) is 18.7. The first-order valence-electron chi connectivity index (χ1n) is 17.4. The highest BCUT2D eigenvalue weighted by atomic mass is 16.6. The number of aromatic amines is 2. The van der Waals surface area contributed by atoms with E-state index >= 15 is 0 Å². The molecule has 5 rings (SSSR count). The van der Waals surface area contributed by atoms with Gasteiger partial charge in [0.15, 0.2) is 0 Å². The molecule has 0 radical (unpaired) electrons. The number of hydrogen-bond donors (Lipinski definition) is 5. The number of nitrogens with zero attached hydrogens (tertiary/aromatic N) is 2. The van der Waals surface area contributed by atoms with Crippen LogP contribution >= 0.6 is 0 Å². The third-order valence-corrected chi connectivity index (χ3v) is 8.08. The fraction of sp³-hybridized carbons (Fsp3) is 0.462. The van der Waals surface area contributed by atoms with E-state index in [1.54, 1.807) is 0 Å². The normalized spacial score (nSPS) is 14.5. The van der Waals surface area contributed by atoms with Gasteiger partial charge < -0.3 is 35.6 Å². The number of benzene rings is 2. The Labute approximate surface area is 301 Å². The number of rotatable bonds is 8. The Morgan fingerprint density at radius 3 is 2.22 bits per heavy atom. The molecule has 12 nitrogen and oxygen atoms in total. The van der Waals surface area contributed by atoms with Crippen molar-refractivity contribution in [3.8, 4) is 0 Å². The summed E-state index contributed by atoms with van der Waals surface area (Å²) in [5.74, 6) is 1.22. The van der Waals surface area contributed by atoms with Crippen molar-refractivity contribution in [1.82, 2.24) is 30.5 Å². The van der Waals surface area contributed by atoms with Gasteiger partial charge in [-0.05, 0) is 84.4 Å². The molecule has 4 amide bonds. The molecule has 1 saturated heterocycles. The van der Waals surface area contributed by atoms with Gasteiger partial charge in [0.05, 0.1) is 18.4 Å². The maximum Gasteiger partial charge on any atom is 0.408 e. The molecule has 4 aromatic rings. The van der Waals surface area contributed by atoms with Crippen molar-refractivity contribution in [2.45, 2.75) is 97.8 Å². The number of hydrogen-bond acceptors (Lipinski definition) is 6. The molecular formula is C39H55N7O5. The van der Waals surface area contributed by atoms with Gasteiger partial charge in [0, 0.05) is 42.1 Å². The monoisotopic (exact) mass is 701 g/mol. The van der Waals surface area contributed by atoms with E-state index in [4.69, 9.17) is 4.74 Å². The maximum absolute atomic E-state index is 12.3. The minimum Gasteiger partial charge on any atom is -0.444 e. The number of anilines is 1. The molecule has 1 aliphatic rings. The molecule has 0 aliphatic carbocycles. The number of ether oxygens (including phenoxy) is 1. The number of nitrogens with one attached hydrogen (secondary N) is 5. The summed E-state index contributed by atoms with van der Waals surface area (Å²) < 4.78 is 5.06. The van der Waals surface area contributed by atoms with E-state index < -0.39 is 11.6 Å². The van der Waals surface area contributed by atoms with E-state index in [0.717, 1.165) is 53.9 Å². The predicted molar refractivity (Wildman–Crippen MR) is 201 cm³/mol. The van der Waals surface area contributed by atoms with Crippen LogP contribution in [0.5, 0.6) is 0 Å². The number of piperidine rings is 1. The van der Waals surface area contributed by atoms with E-state index in [1.807, 2.05) is 114 Å². The number of carbonyl (C=O) groups is 4. The molecule has 0 spiro atoms. The van der Waals surface area contributed by atoms with E-state index in [-0.39, 0.29) is 29.4 Å². The van der Waals surface area contributed by atoms with Gasteiger partial charge in [-0.15, -0.1) is 0 Å². The summed E-state index contributed by atoms with van der Waals surface area (Å²) in [5, 5.41) is 8.99. The molecule has 2 atom stereocenters. The molecule has 5 N–H and O–H groups in total. The van der Waals surface area contributed by atoms with Crippen LogP contribution in [-0.4, -0.2) is 74.4 Å². The van der Waals surface area contributed by atoms with Crippen molar-refractivity contribution in [2.24, 2.45) is 5.92 Å². The number of carbonyl (C=O) groups excluding carboxylic acids is 4. The lowest BCUT2D eigenvalue weighted by atomic mass is 9.95. The SMILES string of the molecule is CC(C)(C)NC(=O)OC(C)(C)C.CC1CCN(C(=O)C(C)c2ccccc2)CC1.O=CNC(Cc1c[nH]c2ccccc12)C(=O)Nc1cnc[nH]1. The van der Waals surface area contributed by atoms with Crippen molar-refractivity contribution >= 4 is 41.0 Å². The second-order valence-electron chi connectivity index (χ2n) is 14.9. The van der Waals surface area contributed by atoms with Crippen LogP contribution in [0.15, 0.2) is 73.3 Å². The molecule has 0 saturated carbocycles. The number of H-pyrrole nitrogens is 2. The third-order valence-electron chi connectivity index (χ3n) is 8.08. The Morgan fingerprint density at radius 2 is 1.63 bits per heavy atom. The number of aromatic nitrogens is 3. The molecule has 12 heteroatoms. The quantitative estimate of drug-likeness (QED) is 0.131. The highest BCUT2D eigenvalue weighted by Crippen LogP contribution is 2.23. The number of amides is 4. The van der Waals surface area contributed by atoms with Crippen LogP contribution in [0, 0.1) is 5.92 Å². The van der Waals surface area contributed by atoms with Crippen LogP contribution in [-0.2, 0) is 25.5 Å². The summed E-state index contributed by atoms with van der Waals surface area (Å²) in [5.41, 5.74) is 2.43. The molecule has 276 valence electrons. The molecule has 0 bridgehead atoms. The first-order chi connectivity index (χ1) is 24.1. The zero-order valence-electron chi connectivity index (χ0n) is 31.2. The maximum atomic E-state index is 12.3. The van der Waals surface area contributed by atoms with Gasteiger partial charge in [0.1, 0.15) is 17.5 Å². The average molecular weight is 702 g/mol. The summed E-state index contributed by atoms with van der Waals surface area (Å²) in [7, 11) is 0. The summed E-state index contributed by atoms with van der Waals surface area (Å²) in [6.07, 6.45) is 7.68. The molecule has 2 aromatic carbocycles. The predicted octanol–water partition coefficient (Wildman–Crippen LogP) is 6.55. The highest BCUT2D eigenvalue weighted by molar-refractivity contribution is 5.95. The first kappa shape index (κ1) is 40.3. The summed E-state index contributed by atoms with van der Waals surface area (Å²) in [4.78, 5) is 58.3. The summed E-state index contributed by atoms with van der Waals surface area (Å²) >= 11 is 0. The largest absolute Gasteiger partial charge is 0.444 e. The Morgan fingerprint density at radius 1 is 0.980 bits per heavy atom. The number of para-hydroxylation sites is 1. The van der Waals surface area contributed by atoms with Gasteiger partial charge in [0.25, 0.3) is 0 Å². The molecular weight excluding hydrogens is 646 g/mol. The van der Waals surface area contributed by atoms with Crippen LogP contribution in [0.4, 0.5) is 10.6 Å². The zero-order chi connectivity index (χ0) is 37.6. The topological polar surface area (TPSA) is 161 Å². The Hall–Kier alpha value is -5.13. The van der Waals surface area contributed by atoms with E-state index in [1.165, 1.54) is 12.5 Å². The van der Waals surface area contributed by atoms with Gasteiger partial charge in [-0.2, -0.15) is 0 Å². The fourth-order valence-electron chi connectivity index (χ4n) is 5.37. The zero-order valence-corrected chi connectivity index (χ0v) is 31.2. The Kier molecular flexibility index (Phi) is 14.8. The van der Waals surface area contributed by atoms with E-state index in [0.29, 0.717) is 18.6 Å². The Balaban J connectivity index is 0.000000217. The van der Waals surface area contributed by atoms with Gasteiger partial charge in [-0.1, -0.05) is 55.5 Å². The minimum absolute atomic E-state index is 0.00962. The van der Waals surface area contributed by atoms with Crippen molar-refractivity contribution < 1.29 is 23.9 Å². The first-order valence-corrected chi connectivity index (χ1v) is 17.4. The van der Waals surface area contributed by atoms with Crippen molar-refractivity contribution in [3.05, 3.63) is 84.4 Å². The average Bonchev–Trinajstić information content (AvgIpc) is 3.73. The van der Waals surface area contributed by atoms with Crippen LogP contribution in [0.2, 0.25) is 0 Å². The lowest BCUT2D eigenvalue weighted by Crippen LogP contribution is -2.43. The molecule has 2 unspecified atom stereocenters. The number of likely N-dealkylation sites (tertiary alicyclic amines) is 1. The molecule has 51 heavy (non-hydrogen) atoms. The van der Waals surface area contributed by atoms with E-state index in [2.05, 4.69) is 37.8 Å². The van der Waals surface area contributed by atoms with Crippen molar-refractivity contribution in [3.63, 3.8) is 0 Å². The highest BCUT2D eigenvalue weighted by Gasteiger charge is 2.25. The van der Waals surface area contributed by atoms with E-state index in [9.17, 15) is 19.2 Å². The number of imidazole rings is 1. The van der Waals surface area contributed by atoms with Crippen LogP contribution < -0.4 is 16.0 Å².